The van der Waals surface area contributed by atoms with Gasteiger partial charge in [0, 0.05) is 30.2 Å². The van der Waals surface area contributed by atoms with Gasteiger partial charge in [0.2, 0.25) is 0 Å². The van der Waals surface area contributed by atoms with Gasteiger partial charge in [-0.1, -0.05) is 20.8 Å². The molecule has 1 aromatic carbocycles. The molecule has 5 heteroatoms. The fourth-order valence-corrected chi connectivity index (χ4v) is 2.81. The van der Waals surface area contributed by atoms with Crippen LogP contribution in [0.4, 0.5) is 0 Å². The number of aliphatic hydroxyl groups is 1. The second-order valence-corrected chi connectivity index (χ2v) is 6.72. The van der Waals surface area contributed by atoms with Crippen LogP contribution in [0, 0.1) is 0 Å². The van der Waals surface area contributed by atoms with Gasteiger partial charge in [0.05, 0.1) is 17.2 Å². The maximum absolute atomic E-state index is 11.4. The lowest BCUT2D eigenvalue weighted by Gasteiger charge is -2.22. The van der Waals surface area contributed by atoms with E-state index in [4.69, 9.17) is 5.73 Å². The summed E-state index contributed by atoms with van der Waals surface area (Å²) in [6.45, 7) is 8.94. The Morgan fingerprint density at radius 3 is 2.45 bits per heavy atom. The zero-order valence-electron chi connectivity index (χ0n) is 13.6. The van der Waals surface area contributed by atoms with Crippen LogP contribution in [0.1, 0.15) is 55.3 Å². The topological polar surface area (TPSA) is 88.5 Å². The summed E-state index contributed by atoms with van der Waals surface area (Å²) < 4.78 is 2.02. The van der Waals surface area contributed by atoms with Crippen LogP contribution >= 0.6 is 0 Å². The summed E-state index contributed by atoms with van der Waals surface area (Å²) in [5.41, 5.74) is 8.36. The van der Waals surface area contributed by atoms with Crippen molar-refractivity contribution in [2.24, 2.45) is 5.73 Å². The summed E-state index contributed by atoms with van der Waals surface area (Å²) in [7, 11) is 0. The molecular weight excluding hydrogens is 280 g/mol. The van der Waals surface area contributed by atoms with E-state index in [0.717, 1.165) is 22.0 Å². The zero-order valence-corrected chi connectivity index (χ0v) is 13.6. The molecule has 0 radical (unpaired) electrons. The van der Waals surface area contributed by atoms with E-state index in [0.29, 0.717) is 13.1 Å². The molecule has 22 heavy (non-hydrogen) atoms. The van der Waals surface area contributed by atoms with Crippen LogP contribution in [0.3, 0.4) is 0 Å². The van der Waals surface area contributed by atoms with E-state index in [1.807, 2.05) is 10.8 Å². The van der Waals surface area contributed by atoms with Crippen molar-refractivity contribution in [1.29, 1.82) is 0 Å². The van der Waals surface area contributed by atoms with Crippen molar-refractivity contribution in [1.82, 2.24) is 4.57 Å². The van der Waals surface area contributed by atoms with Crippen molar-refractivity contribution in [3.05, 3.63) is 35.0 Å². The molecule has 0 aliphatic heterocycles. The van der Waals surface area contributed by atoms with E-state index in [9.17, 15) is 15.0 Å². The Labute approximate surface area is 130 Å². The lowest BCUT2D eigenvalue weighted by atomic mass is 9.84. The summed E-state index contributed by atoms with van der Waals surface area (Å²) in [5.74, 6) is -0.962. The molecule has 0 aliphatic rings. The average Bonchev–Trinajstić information content (AvgIpc) is 2.76. The summed E-state index contributed by atoms with van der Waals surface area (Å²) >= 11 is 0. The number of nitrogens with zero attached hydrogens (tertiary/aromatic N) is 1. The first-order valence-electron chi connectivity index (χ1n) is 7.45. The molecule has 0 saturated heterocycles. The van der Waals surface area contributed by atoms with E-state index in [-0.39, 0.29) is 11.0 Å². The molecule has 4 N–H and O–H groups in total. The first-order valence-corrected chi connectivity index (χ1v) is 7.45. The molecule has 0 aliphatic carbocycles. The third-order valence-corrected chi connectivity index (χ3v) is 3.88. The van der Waals surface area contributed by atoms with Crippen LogP contribution in [-0.4, -0.2) is 27.3 Å². The van der Waals surface area contributed by atoms with Crippen LogP contribution in [-0.2, 0) is 12.0 Å². The molecule has 1 unspecified atom stereocenters. The molecule has 5 nitrogen and oxygen atoms in total. The molecule has 0 bridgehead atoms. The number of hydrogen-bond donors (Lipinski definition) is 3. The van der Waals surface area contributed by atoms with Crippen molar-refractivity contribution in [2.75, 3.05) is 6.54 Å². The third-order valence-electron chi connectivity index (χ3n) is 3.88. The highest BCUT2D eigenvalue weighted by atomic mass is 16.4. The Hall–Kier alpha value is -1.85. The van der Waals surface area contributed by atoms with Gasteiger partial charge in [0.25, 0.3) is 0 Å². The molecule has 0 saturated carbocycles. The van der Waals surface area contributed by atoms with Gasteiger partial charge in [-0.05, 0) is 30.0 Å². The van der Waals surface area contributed by atoms with Crippen LogP contribution in [0.15, 0.2) is 18.3 Å². The first-order chi connectivity index (χ1) is 10.2. The normalized spacial score (nSPS) is 13.5. The van der Waals surface area contributed by atoms with E-state index in [1.54, 1.807) is 19.1 Å². The van der Waals surface area contributed by atoms with Gasteiger partial charge in [-0.2, -0.15) is 0 Å². The summed E-state index contributed by atoms with van der Waals surface area (Å²) in [5, 5.41) is 20.2. The quantitative estimate of drug-likeness (QED) is 0.810. The zero-order chi connectivity index (χ0) is 16.7. The molecule has 0 spiro atoms. The second-order valence-electron chi connectivity index (χ2n) is 6.72. The van der Waals surface area contributed by atoms with Crippen molar-refractivity contribution >= 4 is 16.9 Å². The first kappa shape index (κ1) is 16.5. The Bertz CT molecular complexity index is 709. The predicted molar refractivity (Wildman–Crippen MR) is 87.3 cm³/mol. The van der Waals surface area contributed by atoms with Gasteiger partial charge in [-0.15, -0.1) is 0 Å². The lowest BCUT2D eigenvalue weighted by Crippen LogP contribution is -2.16. The highest BCUT2D eigenvalue weighted by molar-refractivity contribution is 5.97. The van der Waals surface area contributed by atoms with E-state index in [2.05, 4.69) is 20.8 Å². The van der Waals surface area contributed by atoms with Gasteiger partial charge < -0.3 is 20.5 Å². The van der Waals surface area contributed by atoms with E-state index in [1.165, 1.54) is 0 Å². The second kappa shape index (κ2) is 5.74. The number of fused-ring (bicyclic) bond motifs is 1. The molecule has 0 fully saturated rings. The Kier molecular flexibility index (Phi) is 4.31. The Morgan fingerprint density at radius 2 is 2.00 bits per heavy atom. The Morgan fingerprint density at radius 1 is 1.36 bits per heavy atom. The maximum Gasteiger partial charge on any atom is 0.335 e. The number of benzene rings is 1. The molecule has 1 aromatic heterocycles. The highest BCUT2D eigenvalue weighted by Gasteiger charge is 2.24. The van der Waals surface area contributed by atoms with Crippen molar-refractivity contribution in [3.63, 3.8) is 0 Å². The van der Waals surface area contributed by atoms with Gasteiger partial charge in [0.15, 0.2) is 0 Å². The average molecular weight is 304 g/mol. The minimum absolute atomic E-state index is 0.218. The molecule has 120 valence electrons. The smallest absolute Gasteiger partial charge is 0.335 e. The number of hydrogen-bond acceptors (Lipinski definition) is 3. The van der Waals surface area contributed by atoms with Crippen molar-refractivity contribution < 1.29 is 15.0 Å². The van der Waals surface area contributed by atoms with Crippen LogP contribution < -0.4 is 5.73 Å². The SMILES string of the molecule is CC(O)c1cn(CCN)c2c(C(C)(C)C)cc(C(=O)O)cc12. The number of rotatable bonds is 4. The number of carboxylic acid groups (broad SMARTS) is 1. The monoisotopic (exact) mass is 304 g/mol. The fraction of sp³-hybridized carbons (Fsp3) is 0.471. The van der Waals surface area contributed by atoms with E-state index < -0.39 is 12.1 Å². The number of aliphatic hydroxyl groups excluding tert-OH is 1. The van der Waals surface area contributed by atoms with Crippen LogP contribution in [0.2, 0.25) is 0 Å². The fourth-order valence-electron chi connectivity index (χ4n) is 2.81. The van der Waals surface area contributed by atoms with Crippen molar-refractivity contribution in [2.45, 2.75) is 45.8 Å². The largest absolute Gasteiger partial charge is 0.478 e. The van der Waals surface area contributed by atoms with Gasteiger partial charge in [-0.25, -0.2) is 4.79 Å². The number of aromatic carboxylic acids is 1. The van der Waals surface area contributed by atoms with Gasteiger partial charge >= 0.3 is 5.97 Å². The number of aromatic nitrogens is 1. The van der Waals surface area contributed by atoms with Crippen molar-refractivity contribution in [3.8, 4) is 0 Å². The molecule has 1 atom stereocenters. The number of carbonyl (C=O) groups is 1. The Balaban J connectivity index is 2.92. The highest BCUT2D eigenvalue weighted by Crippen LogP contribution is 2.36. The molecular formula is C17H24N2O3. The van der Waals surface area contributed by atoms with Crippen LogP contribution in [0.5, 0.6) is 0 Å². The molecule has 1 heterocycles. The van der Waals surface area contributed by atoms with E-state index >= 15 is 0 Å². The third kappa shape index (κ3) is 2.87. The lowest BCUT2D eigenvalue weighted by molar-refractivity contribution is 0.0697. The number of nitrogens with two attached hydrogens (primary N) is 1. The summed E-state index contributed by atoms with van der Waals surface area (Å²) in [6.07, 6.45) is 1.21. The minimum Gasteiger partial charge on any atom is -0.478 e. The van der Waals surface area contributed by atoms with Crippen LogP contribution in [0.25, 0.3) is 10.9 Å². The summed E-state index contributed by atoms with van der Waals surface area (Å²) in [4.78, 5) is 11.4. The van der Waals surface area contributed by atoms with Gasteiger partial charge in [-0.3, -0.25) is 0 Å². The predicted octanol–water partition coefficient (Wildman–Crippen LogP) is 2.65. The number of carboxylic acids is 1. The standard InChI is InChI=1S/C17H24N2O3/c1-10(20)13-9-19(6-5-18)15-12(13)7-11(16(21)22)8-14(15)17(2,3)4/h7-10,20H,5-6,18H2,1-4H3,(H,21,22). The maximum atomic E-state index is 11.4. The molecule has 2 aromatic rings. The van der Waals surface area contributed by atoms with Gasteiger partial charge in [0.1, 0.15) is 0 Å². The molecule has 2 rings (SSSR count). The summed E-state index contributed by atoms with van der Waals surface area (Å²) in [6, 6.07) is 3.37. The minimum atomic E-state index is -0.962. The molecule has 0 amide bonds.